The number of rotatable bonds is 7. The van der Waals surface area contributed by atoms with Crippen LogP contribution in [0, 0.1) is 0 Å². The number of carbonyl (C=O) groups is 1. The monoisotopic (exact) mass is 438 g/mol. The third-order valence-electron chi connectivity index (χ3n) is 6.79. The molecule has 2 unspecified atom stereocenters. The molecule has 0 N–H and O–H groups in total. The summed E-state index contributed by atoms with van der Waals surface area (Å²) >= 11 is 6.44. The zero-order chi connectivity index (χ0) is 20.6. The normalized spacial score (nSPS) is 25.4. The van der Waals surface area contributed by atoms with E-state index in [1.165, 1.54) is 0 Å². The number of carbonyl (C=O) groups excluding carboxylic acids is 1. The van der Waals surface area contributed by atoms with Crippen molar-refractivity contribution in [1.29, 1.82) is 0 Å². The average Bonchev–Trinajstić information content (AvgIpc) is 3.26. The van der Waals surface area contributed by atoms with Crippen molar-refractivity contribution in [1.82, 2.24) is 9.80 Å². The number of benzene rings is 1. The predicted molar refractivity (Wildman–Crippen MR) is 116 cm³/mol. The molecule has 2 saturated carbocycles. The number of hydrogen-bond donors (Lipinski definition) is 0. The van der Waals surface area contributed by atoms with Gasteiger partial charge >= 0.3 is 0 Å². The van der Waals surface area contributed by atoms with Crippen molar-refractivity contribution in [3.8, 4) is 0 Å². The first-order chi connectivity index (χ1) is 13.9. The van der Waals surface area contributed by atoms with Gasteiger partial charge in [0.15, 0.2) is 9.84 Å². The highest BCUT2D eigenvalue weighted by molar-refractivity contribution is 7.91. The van der Waals surface area contributed by atoms with Gasteiger partial charge in [0.2, 0.25) is 5.91 Å². The van der Waals surface area contributed by atoms with Crippen molar-refractivity contribution in [2.45, 2.75) is 76.0 Å². The van der Waals surface area contributed by atoms with Gasteiger partial charge in [-0.15, -0.1) is 0 Å². The van der Waals surface area contributed by atoms with E-state index in [1.807, 2.05) is 29.2 Å². The van der Waals surface area contributed by atoms with Crippen molar-refractivity contribution in [3.63, 3.8) is 0 Å². The van der Waals surface area contributed by atoms with Gasteiger partial charge in [0.1, 0.15) is 0 Å². The summed E-state index contributed by atoms with van der Waals surface area (Å²) in [5.74, 6) is 0.416. The Morgan fingerprint density at radius 3 is 2.34 bits per heavy atom. The van der Waals surface area contributed by atoms with Crippen LogP contribution in [0.1, 0.15) is 63.5 Å². The Morgan fingerprint density at radius 2 is 1.76 bits per heavy atom. The van der Waals surface area contributed by atoms with Gasteiger partial charge in [-0.2, -0.15) is 0 Å². The van der Waals surface area contributed by atoms with Gasteiger partial charge in [-0.25, -0.2) is 8.42 Å². The summed E-state index contributed by atoms with van der Waals surface area (Å²) in [6.07, 6.45) is 7.00. The third kappa shape index (κ3) is 4.80. The van der Waals surface area contributed by atoms with Gasteiger partial charge in [0.05, 0.1) is 18.1 Å². The smallest absolute Gasteiger partial charge is 0.237 e. The number of nitrogens with zero attached hydrogens (tertiary/aromatic N) is 2. The number of hydrogen-bond acceptors (Lipinski definition) is 4. The summed E-state index contributed by atoms with van der Waals surface area (Å²) in [6.45, 7) is 2.46. The fourth-order valence-electron chi connectivity index (χ4n) is 5.10. The van der Waals surface area contributed by atoms with E-state index in [1.54, 1.807) is 0 Å². The van der Waals surface area contributed by atoms with Crippen LogP contribution < -0.4 is 0 Å². The van der Waals surface area contributed by atoms with Gasteiger partial charge in [-0.1, -0.05) is 42.6 Å². The minimum Gasteiger partial charge on any atom is -0.335 e. The lowest BCUT2D eigenvalue weighted by molar-refractivity contribution is -0.137. The lowest BCUT2D eigenvalue weighted by atomic mass is 10.1. The van der Waals surface area contributed by atoms with E-state index in [2.05, 4.69) is 11.8 Å². The highest BCUT2D eigenvalue weighted by Crippen LogP contribution is 2.37. The van der Waals surface area contributed by atoms with E-state index in [4.69, 9.17) is 11.6 Å². The molecule has 1 saturated heterocycles. The zero-order valence-electron chi connectivity index (χ0n) is 17.1. The second-order valence-electron chi connectivity index (χ2n) is 8.90. The van der Waals surface area contributed by atoms with Gasteiger partial charge in [0, 0.05) is 29.2 Å². The van der Waals surface area contributed by atoms with Crippen molar-refractivity contribution in [3.05, 3.63) is 34.9 Å². The van der Waals surface area contributed by atoms with Crippen molar-refractivity contribution in [2.24, 2.45) is 0 Å². The molecule has 0 spiro atoms. The van der Waals surface area contributed by atoms with Crippen molar-refractivity contribution < 1.29 is 13.2 Å². The molecule has 0 bridgehead atoms. The molecule has 2 atom stereocenters. The molecule has 1 aromatic carbocycles. The molecule has 1 aliphatic heterocycles. The topological polar surface area (TPSA) is 57.7 Å². The van der Waals surface area contributed by atoms with Gasteiger partial charge < -0.3 is 4.90 Å². The van der Waals surface area contributed by atoms with E-state index in [-0.39, 0.29) is 35.5 Å². The minimum atomic E-state index is -3.03. The second-order valence-corrected chi connectivity index (χ2v) is 11.5. The zero-order valence-corrected chi connectivity index (χ0v) is 18.7. The second kappa shape index (κ2) is 8.56. The first-order valence-electron chi connectivity index (χ1n) is 10.9. The number of sulfone groups is 1. The van der Waals surface area contributed by atoms with Crippen molar-refractivity contribution in [2.75, 3.05) is 18.1 Å². The Bertz CT molecular complexity index is 849. The minimum absolute atomic E-state index is 0.0536. The molecule has 1 amide bonds. The number of amides is 1. The predicted octanol–water partition coefficient (Wildman–Crippen LogP) is 3.82. The lowest BCUT2D eigenvalue weighted by Gasteiger charge is -2.37. The fraction of sp³-hybridized carbons (Fsp3) is 0.682. The molecular weight excluding hydrogens is 408 g/mol. The van der Waals surface area contributed by atoms with Gasteiger partial charge in [-0.05, 0) is 50.7 Å². The Kier molecular flexibility index (Phi) is 6.24. The standard InChI is InChI=1S/C22H31ClN2O3S/c1-16(20-8-4-5-9-21(20)23)24(17-10-11-17)14-22(26)25(18-6-2-3-7-18)19-12-13-29(27,28)15-19/h4-5,8-9,16-19H,2-3,6-7,10-15H2,1H3. The Hall–Kier alpha value is -1.11. The molecule has 0 radical (unpaired) electrons. The Balaban J connectivity index is 1.54. The number of halogens is 1. The van der Waals surface area contributed by atoms with Gasteiger partial charge in [0.25, 0.3) is 0 Å². The molecule has 3 aliphatic rings. The molecule has 29 heavy (non-hydrogen) atoms. The SMILES string of the molecule is CC(c1ccccc1Cl)N(CC(=O)N(C1CCCC1)C1CCS(=O)(=O)C1)C1CC1. The highest BCUT2D eigenvalue weighted by Gasteiger charge is 2.41. The van der Waals surface area contributed by atoms with Crippen LogP contribution in [-0.2, 0) is 14.6 Å². The molecular formula is C22H31ClN2O3S. The van der Waals surface area contributed by atoms with Crippen LogP contribution in [0.2, 0.25) is 5.02 Å². The Morgan fingerprint density at radius 1 is 1.07 bits per heavy atom. The summed E-state index contributed by atoms with van der Waals surface area (Å²) in [7, 11) is -3.03. The molecule has 2 aliphatic carbocycles. The molecule has 1 aromatic rings. The van der Waals surface area contributed by atoms with E-state index in [9.17, 15) is 13.2 Å². The third-order valence-corrected chi connectivity index (χ3v) is 8.89. The summed E-state index contributed by atoms with van der Waals surface area (Å²) in [5, 5.41) is 0.729. The molecule has 0 aromatic heterocycles. The van der Waals surface area contributed by atoms with Gasteiger partial charge in [-0.3, -0.25) is 9.69 Å². The van der Waals surface area contributed by atoms with Crippen molar-refractivity contribution >= 4 is 27.3 Å². The first kappa shape index (κ1) is 21.1. The van der Waals surface area contributed by atoms with Crippen LogP contribution in [0.25, 0.3) is 0 Å². The van der Waals surface area contributed by atoms with Crippen LogP contribution in [-0.4, -0.2) is 60.3 Å². The highest BCUT2D eigenvalue weighted by atomic mass is 35.5. The maximum absolute atomic E-state index is 13.5. The fourth-order valence-corrected chi connectivity index (χ4v) is 7.11. The molecule has 4 rings (SSSR count). The average molecular weight is 439 g/mol. The van der Waals surface area contributed by atoms with Crippen LogP contribution in [0.5, 0.6) is 0 Å². The Labute approximate surface area is 179 Å². The lowest BCUT2D eigenvalue weighted by Crippen LogP contribution is -2.51. The molecule has 5 nitrogen and oxygen atoms in total. The van der Waals surface area contributed by atoms with E-state index < -0.39 is 9.84 Å². The van der Waals surface area contributed by atoms with Crippen LogP contribution in [0.4, 0.5) is 0 Å². The van der Waals surface area contributed by atoms with E-state index in [0.717, 1.165) is 49.1 Å². The van der Waals surface area contributed by atoms with Crippen LogP contribution in [0.15, 0.2) is 24.3 Å². The summed E-state index contributed by atoms with van der Waals surface area (Å²) in [6, 6.07) is 8.33. The van der Waals surface area contributed by atoms with E-state index >= 15 is 0 Å². The maximum atomic E-state index is 13.5. The molecule has 3 fully saturated rings. The maximum Gasteiger partial charge on any atom is 0.237 e. The molecule has 160 valence electrons. The first-order valence-corrected chi connectivity index (χ1v) is 13.1. The van der Waals surface area contributed by atoms with Crippen LogP contribution in [0.3, 0.4) is 0 Å². The summed E-state index contributed by atoms with van der Waals surface area (Å²) in [5.41, 5.74) is 1.05. The molecule has 1 heterocycles. The summed E-state index contributed by atoms with van der Waals surface area (Å²) in [4.78, 5) is 17.8. The quantitative estimate of drug-likeness (QED) is 0.649. The van der Waals surface area contributed by atoms with Crippen LogP contribution >= 0.6 is 11.6 Å². The summed E-state index contributed by atoms with van der Waals surface area (Å²) < 4.78 is 24.2. The molecule has 7 heteroatoms. The largest absolute Gasteiger partial charge is 0.335 e. The van der Waals surface area contributed by atoms with E-state index in [0.29, 0.717) is 19.0 Å².